The highest BCUT2D eigenvalue weighted by Gasteiger charge is 2.20. The van der Waals surface area contributed by atoms with Crippen LogP contribution in [0.15, 0.2) is 91.4 Å². The molecule has 0 atom stereocenters. The highest BCUT2D eigenvalue weighted by atomic mass is 19.1. The zero-order valence-corrected chi connectivity index (χ0v) is 19.6. The van der Waals surface area contributed by atoms with Crippen molar-refractivity contribution >= 4 is 11.6 Å². The van der Waals surface area contributed by atoms with Gasteiger partial charge >= 0.3 is 6.01 Å². The predicted octanol–water partition coefficient (Wildman–Crippen LogP) is 6.13. The number of nitrogens with zero attached hydrogens (tertiary/aromatic N) is 4. The van der Waals surface area contributed by atoms with Crippen LogP contribution >= 0.6 is 0 Å². The molecule has 0 aliphatic heterocycles. The van der Waals surface area contributed by atoms with Crippen LogP contribution in [0.5, 0.6) is 11.8 Å². The molecule has 7 nitrogen and oxygen atoms in total. The van der Waals surface area contributed by atoms with Gasteiger partial charge in [0.05, 0.1) is 11.3 Å². The van der Waals surface area contributed by atoms with Gasteiger partial charge in [-0.2, -0.15) is 5.10 Å². The Morgan fingerprint density at radius 3 is 2.36 bits per heavy atom. The molecule has 0 fully saturated rings. The monoisotopic (exact) mass is 479 g/mol. The van der Waals surface area contributed by atoms with Crippen LogP contribution in [0, 0.1) is 19.7 Å². The van der Waals surface area contributed by atoms with Crippen LogP contribution < -0.4 is 10.1 Å². The average molecular weight is 480 g/mol. The van der Waals surface area contributed by atoms with Gasteiger partial charge in [0.2, 0.25) is 0 Å². The standard InChI is InChI=1S/C28H22FN5O2/c1-18-4-6-20(7-5-18)26-24(17-34(33-26)22-10-8-21(29)9-11-22)27(35)32-25-13-12-23(16-19(25)2)36-28-30-14-3-15-31-28/h3-17H,1-2H3,(H,32,35). The molecule has 0 radical (unpaired) electrons. The molecule has 0 spiro atoms. The summed E-state index contributed by atoms with van der Waals surface area (Å²) >= 11 is 0. The van der Waals surface area contributed by atoms with E-state index in [1.807, 2.05) is 38.1 Å². The van der Waals surface area contributed by atoms with Gasteiger partial charge in [-0.15, -0.1) is 0 Å². The second-order valence-corrected chi connectivity index (χ2v) is 8.24. The van der Waals surface area contributed by atoms with Gasteiger partial charge in [0.25, 0.3) is 5.91 Å². The number of ether oxygens (including phenoxy) is 1. The fourth-order valence-corrected chi connectivity index (χ4v) is 3.66. The Kier molecular flexibility index (Phi) is 6.23. The number of amides is 1. The largest absolute Gasteiger partial charge is 0.424 e. The van der Waals surface area contributed by atoms with Crippen molar-refractivity contribution in [2.24, 2.45) is 0 Å². The SMILES string of the molecule is Cc1ccc(-c2nn(-c3ccc(F)cc3)cc2C(=O)Nc2ccc(Oc3ncccn3)cc2C)cc1. The molecule has 0 bridgehead atoms. The molecular formula is C28H22FN5O2. The van der Waals surface area contributed by atoms with E-state index >= 15 is 0 Å². The molecule has 178 valence electrons. The second-order valence-electron chi connectivity index (χ2n) is 8.24. The number of hydrogen-bond donors (Lipinski definition) is 1. The molecule has 2 aromatic heterocycles. The van der Waals surface area contributed by atoms with E-state index in [1.165, 1.54) is 12.1 Å². The van der Waals surface area contributed by atoms with E-state index in [0.717, 1.165) is 16.7 Å². The number of aryl methyl sites for hydroxylation is 2. The zero-order chi connectivity index (χ0) is 25.1. The number of hydrogen-bond acceptors (Lipinski definition) is 5. The van der Waals surface area contributed by atoms with Crippen LogP contribution in [0.2, 0.25) is 0 Å². The molecule has 0 aliphatic carbocycles. The third-order valence-corrected chi connectivity index (χ3v) is 5.57. The van der Waals surface area contributed by atoms with Gasteiger partial charge in [-0.25, -0.2) is 19.0 Å². The number of carbonyl (C=O) groups excluding carboxylic acids is 1. The van der Waals surface area contributed by atoms with Crippen molar-refractivity contribution in [1.82, 2.24) is 19.7 Å². The molecule has 5 aromatic rings. The molecule has 36 heavy (non-hydrogen) atoms. The molecule has 0 aliphatic rings. The molecule has 0 saturated carbocycles. The minimum atomic E-state index is -0.343. The van der Waals surface area contributed by atoms with Gasteiger partial charge in [0.15, 0.2) is 0 Å². The minimum absolute atomic E-state index is 0.240. The fraction of sp³-hybridized carbons (Fsp3) is 0.0714. The molecule has 5 rings (SSSR count). The topological polar surface area (TPSA) is 81.9 Å². The van der Waals surface area contributed by atoms with Crippen molar-refractivity contribution in [3.8, 4) is 28.7 Å². The van der Waals surface area contributed by atoms with Crippen molar-refractivity contribution < 1.29 is 13.9 Å². The highest BCUT2D eigenvalue weighted by molar-refractivity contribution is 6.08. The Morgan fingerprint density at radius 1 is 0.944 bits per heavy atom. The molecule has 3 aromatic carbocycles. The Hall–Kier alpha value is -4.85. The van der Waals surface area contributed by atoms with E-state index in [1.54, 1.807) is 59.7 Å². The third kappa shape index (κ3) is 4.97. The Balaban J connectivity index is 1.45. The van der Waals surface area contributed by atoms with Crippen molar-refractivity contribution in [2.45, 2.75) is 13.8 Å². The summed E-state index contributed by atoms with van der Waals surface area (Å²) in [6.07, 6.45) is 4.85. The maximum atomic E-state index is 13.4. The number of halogens is 1. The van der Waals surface area contributed by atoms with Crippen molar-refractivity contribution in [2.75, 3.05) is 5.32 Å². The molecule has 0 unspecified atom stereocenters. The van der Waals surface area contributed by atoms with Crippen LogP contribution in [0.1, 0.15) is 21.5 Å². The average Bonchev–Trinajstić information content (AvgIpc) is 3.33. The quantitative estimate of drug-likeness (QED) is 0.317. The van der Waals surface area contributed by atoms with Crippen molar-refractivity contribution in [3.05, 3.63) is 114 Å². The van der Waals surface area contributed by atoms with E-state index in [-0.39, 0.29) is 17.7 Å². The summed E-state index contributed by atoms with van der Waals surface area (Å²) in [5, 5.41) is 7.63. The predicted molar refractivity (Wildman–Crippen MR) is 135 cm³/mol. The smallest absolute Gasteiger partial charge is 0.321 e. The lowest BCUT2D eigenvalue weighted by molar-refractivity contribution is 0.102. The Morgan fingerprint density at radius 2 is 1.67 bits per heavy atom. The highest BCUT2D eigenvalue weighted by Crippen LogP contribution is 2.28. The lowest BCUT2D eigenvalue weighted by Crippen LogP contribution is -2.13. The van der Waals surface area contributed by atoms with E-state index in [0.29, 0.717) is 28.4 Å². The molecule has 1 N–H and O–H groups in total. The maximum Gasteiger partial charge on any atom is 0.321 e. The third-order valence-electron chi connectivity index (χ3n) is 5.57. The first-order valence-electron chi connectivity index (χ1n) is 11.3. The van der Waals surface area contributed by atoms with Crippen LogP contribution in [-0.2, 0) is 0 Å². The Bertz CT molecular complexity index is 1510. The summed E-state index contributed by atoms with van der Waals surface area (Å²) in [5.74, 6) is -0.104. The summed E-state index contributed by atoms with van der Waals surface area (Å²) in [4.78, 5) is 21.5. The lowest BCUT2D eigenvalue weighted by Gasteiger charge is -2.10. The van der Waals surface area contributed by atoms with Crippen LogP contribution in [-0.4, -0.2) is 25.7 Å². The summed E-state index contributed by atoms with van der Waals surface area (Å²) in [6, 6.07) is 21.0. The van der Waals surface area contributed by atoms with E-state index in [4.69, 9.17) is 4.74 Å². The van der Waals surface area contributed by atoms with Gasteiger partial charge < -0.3 is 10.1 Å². The zero-order valence-electron chi connectivity index (χ0n) is 19.6. The minimum Gasteiger partial charge on any atom is -0.424 e. The van der Waals surface area contributed by atoms with Gasteiger partial charge in [-0.05, 0) is 67.9 Å². The maximum absolute atomic E-state index is 13.4. The van der Waals surface area contributed by atoms with Gasteiger partial charge in [0, 0.05) is 29.8 Å². The number of rotatable bonds is 6. The van der Waals surface area contributed by atoms with E-state index in [9.17, 15) is 9.18 Å². The number of carbonyl (C=O) groups is 1. The first-order valence-corrected chi connectivity index (χ1v) is 11.3. The van der Waals surface area contributed by atoms with Crippen molar-refractivity contribution in [3.63, 3.8) is 0 Å². The summed E-state index contributed by atoms with van der Waals surface area (Å²) in [7, 11) is 0. The fourth-order valence-electron chi connectivity index (χ4n) is 3.66. The number of aromatic nitrogens is 4. The molecule has 8 heteroatoms. The van der Waals surface area contributed by atoms with Crippen LogP contribution in [0.3, 0.4) is 0 Å². The first kappa shape index (κ1) is 22.9. The van der Waals surface area contributed by atoms with Gasteiger partial charge in [0.1, 0.15) is 17.3 Å². The second kappa shape index (κ2) is 9.79. The summed E-state index contributed by atoms with van der Waals surface area (Å²) in [5.41, 5.74) is 4.89. The number of anilines is 1. The first-order chi connectivity index (χ1) is 17.5. The number of nitrogens with one attached hydrogen (secondary N) is 1. The molecule has 2 heterocycles. The van der Waals surface area contributed by atoms with Gasteiger partial charge in [-0.3, -0.25) is 4.79 Å². The van der Waals surface area contributed by atoms with Gasteiger partial charge in [-0.1, -0.05) is 29.8 Å². The van der Waals surface area contributed by atoms with Crippen LogP contribution in [0.4, 0.5) is 10.1 Å². The number of benzene rings is 3. The molecular weight excluding hydrogens is 457 g/mol. The Labute approximate surface area is 207 Å². The van der Waals surface area contributed by atoms with E-state index < -0.39 is 0 Å². The normalized spacial score (nSPS) is 10.8. The summed E-state index contributed by atoms with van der Waals surface area (Å²) in [6.45, 7) is 3.87. The molecule has 0 saturated heterocycles. The lowest BCUT2D eigenvalue weighted by atomic mass is 10.1. The molecule has 1 amide bonds. The van der Waals surface area contributed by atoms with E-state index in [2.05, 4.69) is 20.4 Å². The van der Waals surface area contributed by atoms with Crippen LogP contribution in [0.25, 0.3) is 16.9 Å². The summed E-state index contributed by atoms with van der Waals surface area (Å²) < 4.78 is 20.7. The van der Waals surface area contributed by atoms with Crippen molar-refractivity contribution in [1.29, 1.82) is 0 Å².